The molecule has 2 unspecified atom stereocenters. The molecular weight excluding hydrogens is 245 g/mol. The third kappa shape index (κ3) is 3.81. The fourth-order valence-electron chi connectivity index (χ4n) is 1.18. The summed E-state index contributed by atoms with van der Waals surface area (Å²) < 4.78 is 24.4. The van der Waals surface area contributed by atoms with Crippen molar-refractivity contribution in [2.75, 3.05) is 18.1 Å². The van der Waals surface area contributed by atoms with Crippen LogP contribution in [0.3, 0.4) is 0 Å². The van der Waals surface area contributed by atoms with Crippen molar-refractivity contribution < 1.29 is 18.5 Å². The molecule has 94 valence electrons. The van der Waals surface area contributed by atoms with E-state index >= 15 is 0 Å². The van der Waals surface area contributed by atoms with E-state index < -0.39 is 22.6 Å². The number of nitrogens with one attached hydrogen (secondary N) is 1. The molecule has 1 aromatic carbocycles. The number of benzene rings is 1. The Morgan fingerprint density at radius 1 is 1.59 bits per heavy atom. The number of hydrogen-bond donors (Lipinski definition) is 2. The molecule has 2 atom stereocenters. The summed E-state index contributed by atoms with van der Waals surface area (Å²) in [5.41, 5.74) is 0.118. The SMILES string of the molecule is CC(CNc1ccc(C(=O)O)c(F)c1)S(C)=O. The average Bonchev–Trinajstić information content (AvgIpc) is 2.25. The predicted molar refractivity (Wildman–Crippen MR) is 65.4 cm³/mol. The maximum atomic E-state index is 13.3. The van der Waals surface area contributed by atoms with Crippen LogP contribution >= 0.6 is 0 Å². The van der Waals surface area contributed by atoms with Gasteiger partial charge in [-0.25, -0.2) is 9.18 Å². The first-order chi connectivity index (χ1) is 7.91. The molecule has 0 saturated carbocycles. The zero-order valence-electron chi connectivity index (χ0n) is 9.57. The highest BCUT2D eigenvalue weighted by Gasteiger charge is 2.11. The Labute approximate surface area is 101 Å². The van der Waals surface area contributed by atoms with Gasteiger partial charge >= 0.3 is 5.97 Å². The first-order valence-corrected chi connectivity index (χ1v) is 6.63. The number of halogens is 1. The van der Waals surface area contributed by atoms with E-state index in [2.05, 4.69) is 5.32 Å². The molecule has 0 aromatic heterocycles. The van der Waals surface area contributed by atoms with Crippen molar-refractivity contribution in [2.45, 2.75) is 12.2 Å². The summed E-state index contributed by atoms with van der Waals surface area (Å²) in [6.07, 6.45) is 1.60. The van der Waals surface area contributed by atoms with E-state index in [0.717, 1.165) is 6.07 Å². The molecule has 2 N–H and O–H groups in total. The molecular formula is C11H14FNO3S. The molecule has 0 radical (unpaired) electrons. The summed E-state index contributed by atoms with van der Waals surface area (Å²) in [5, 5.41) is 11.5. The molecule has 0 spiro atoms. The topological polar surface area (TPSA) is 66.4 Å². The zero-order chi connectivity index (χ0) is 13.0. The normalized spacial score (nSPS) is 14.1. The lowest BCUT2D eigenvalue weighted by Gasteiger charge is -2.11. The van der Waals surface area contributed by atoms with Crippen LogP contribution in [-0.4, -0.2) is 33.3 Å². The standard InChI is InChI=1S/C11H14FNO3S/c1-7(17(2)16)6-13-8-3-4-9(11(14)15)10(12)5-8/h3-5,7,13H,6H2,1-2H3,(H,14,15). The van der Waals surface area contributed by atoms with Gasteiger partial charge in [-0.3, -0.25) is 4.21 Å². The minimum Gasteiger partial charge on any atom is -0.478 e. The molecule has 0 aliphatic rings. The van der Waals surface area contributed by atoms with Crippen LogP contribution < -0.4 is 5.32 Å². The summed E-state index contributed by atoms with van der Waals surface area (Å²) in [4.78, 5) is 10.6. The van der Waals surface area contributed by atoms with Gasteiger partial charge in [-0.15, -0.1) is 0 Å². The highest BCUT2D eigenvalue weighted by molar-refractivity contribution is 7.84. The van der Waals surface area contributed by atoms with Crippen molar-refractivity contribution in [1.29, 1.82) is 0 Å². The summed E-state index contributed by atoms with van der Waals surface area (Å²) in [7, 11) is -0.951. The number of carboxylic acid groups (broad SMARTS) is 1. The van der Waals surface area contributed by atoms with E-state index in [0.29, 0.717) is 12.2 Å². The molecule has 17 heavy (non-hydrogen) atoms. The van der Waals surface area contributed by atoms with Crippen LogP contribution in [0.4, 0.5) is 10.1 Å². The lowest BCUT2D eigenvalue weighted by atomic mass is 10.2. The summed E-state index contributed by atoms with van der Waals surface area (Å²) >= 11 is 0. The number of anilines is 1. The van der Waals surface area contributed by atoms with E-state index in [9.17, 15) is 13.4 Å². The Bertz CT molecular complexity index is 450. The first kappa shape index (κ1) is 13.6. The summed E-state index contributed by atoms with van der Waals surface area (Å²) in [6, 6.07) is 3.81. The third-order valence-electron chi connectivity index (χ3n) is 2.36. The van der Waals surface area contributed by atoms with Gasteiger partial charge in [0.05, 0.1) is 5.56 Å². The molecule has 1 rings (SSSR count). The van der Waals surface area contributed by atoms with Crippen molar-refractivity contribution in [3.05, 3.63) is 29.6 Å². The Morgan fingerprint density at radius 3 is 2.71 bits per heavy atom. The van der Waals surface area contributed by atoms with Crippen LogP contribution in [0.5, 0.6) is 0 Å². The zero-order valence-corrected chi connectivity index (χ0v) is 10.4. The van der Waals surface area contributed by atoms with Crippen LogP contribution in [0.1, 0.15) is 17.3 Å². The van der Waals surface area contributed by atoms with Crippen molar-refractivity contribution in [1.82, 2.24) is 0 Å². The van der Waals surface area contributed by atoms with Gasteiger partial charge in [-0.2, -0.15) is 0 Å². The molecule has 0 amide bonds. The van der Waals surface area contributed by atoms with Gasteiger partial charge in [0.15, 0.2) is 0 Å². The molecule has 6 heteroatoms. The second-order valence-corrected chi connectivity index (χ2v) is 5.49. The van der Waals surface area contributed by atoms with E-state index in [1.54, 1.807) is 6.26 Å². The van der Waals surface area contributed by atoms with Crippen LogP contribution in [-0.2, 0) is 10.8 Å². The monoisotopic (exact) mass is 259 g/mol. The van der Waals surface area contributed by atoms with Crippen molar-refractivity contribution in [3.8, 4) is 0 Å². The van der Waals surface area contributed by atoms with Crippen LogP contribution in [0.25, 0.3) is 0 Å². The Balaban J connectivity index is 2.71. The minimum absolute atomic E-state index is 0.0581. The lowest BCUT2D eigenvalue weighted by molar-refractivity contribution is 0.0692. The van der Waals surface area contributed by atoms with Gasteiger partial charge in [-0.1, -0.05) is 0 Å². The van der Waals surface area contributed by atoms with Gasteiger partial charge in [0, 0.05) is 34.5 Å². The Kier molecular flexibility index (Phi) is 4.62. The van der Waals surface area contributed by atoms with Crippen molar-refractivity contribution in [2.24, 2.45) is 0 Å². The van der Waals surface area contributed by atoms with Gasteiger partial charge < -0.3 is 10.4 Å². The van der Waals surface area contributed by atoms with Crippen LogP contribution in [0.15, 0.2) is 18.2 Å². The second kappa shape index (κ2) is 5.77. The van der Waals surface area contributed by atoms with Gasteiger partial charge in [-0.05, 0) is 25.1 Å². The highest BCUT2D eigenvalue weighted by atomic mass is 32.2. The molecule has 4 nitrogen and oxygen atoms in total. The molecule has 1 aromatic rings. The first-order valence-electron chi connectivity index (χ1n) is 5.00. The van der Waals surface area contributed by atoms with Gasteiger partial charge in [0.2, 0.25) is 0 Å². The maximum absolute atomic E-state index is 13.3. The molecule has 0 saturated heterocycles. The number of rotatable bonds is 5. The molecule has 0 fully saturated rings. The largest absolute Gasteiger partial charge is 0.478 e. The van der Waals surface area contributed by atoms with Crippen LogP contribution in [0, 0.1) is 5.82 Å². The van der Waals surface area contributed by atoms with E-state index in [-0.39, 0.29) is 10.8 Å². The lowest BCUT2D eigenvalue weighted by Crippen LogP contribution is -2.20. The van der Waals surface area contributed by atoms with Gasteiger partial charge in [0.25, 0.3) is 0 Å². The predicted octanol–water partition coefficient (Wildman–Crippen LogP) is 1.70. The fraction of sp³-hybridized carbons (Fsp3) is 0.364. The highest BCUT2D eigenvalue weighted by Crippen LogP contribution is 2.14. The van der Waals surface area contributed by atoms with Gasteiger partial charge in [0.1, 0.15) is 5.82 Å². The molecule has 0 aliphatic heterocycles. The maximum Gasteiger partial charge on any atom is 0.338 e. The fourth-order valence-corrected chi connectivity index (χ4v) is 1.50. The van der Waals surface area contributed by atoms with E-state index in [1.165, 1.54) is 12.1 Å². The number of carbonyl (C=O) groups is 1. The quantitative estimate of drug-likeness (QED) is 0.844. The summed E-state index contributed by atoms with van der Waals surface area (Å²) in [5.74, 6) is -2.08. The Morgan fingerprint density at radius 2 is 2.24 bits per heavy atom. The molecule has 0 aliphatic carbocycles. The number of carboxylic acids is 1. The molecule has 0 heterocycles. The minimum atomic E-state index is -1.29. The second-order valence-electron chi connectivity index (χ2n) is 3.69. The van der Waals surface area contributed by atoms with E-state index in [4.69, 9.17) is 5.11 Å². The third-order valence-corrected chi connectivity index (χ3v) is 3.66. The Hall–Kier alpha value is -1.43. The van der Waals surface area contributed by atoms with E-state index in [1.807, 2.05) is 6.92 Å². The molecule has 0 bridgehead atoms. The van der Waals surface area contributed by atoms with Crippen molar-refractivity contribution >= 4 is 22.5 Å². The van der Waals surface area contributed by atoms with Crippen LogP contribution in [0.2, 0.25) is 0 Å². The number of aromatic carboxylic acids is 1. The number of hydrogen-bond acceptors (Lipinski definition) is 3. The average molecular weight is 259 g/mol. The smallest absolute Gasteiger partial charge is 0.338 e. The van der Waals surface area contributed by atoms with Crippen molar-refractivity contribution in [3.63, 3.8) is 0 Å². The summed E-state index contributed by atoms with van der Waals surface area (Å²) in [6.45, 7) is 2.25.